The van der Waals surface area contributed by atoms with Crippen LogP contribution in [0.15, 0.2) is 42.6 Å². The van der Waals surface area contributed by atoms with Crippen LogP contribution in [-0.4, -0.2) is 16.2 Å². The van der Waals surface area contributed by atoms with Crippen molar-refractivity contribution in [3.05, 3.63) is 42.6 Å². The van der Waals surface area contributed by atoms with Crippen molar-refractivity contribution in [3.8, 4) is 0 Å². The van der Waals surface area contributed by atoms with Gasteiger partial charge in [-0.2, -0.15) is 0 Å². The van der Waals surface area contributed by atoms with Crippen molar-refractivity contribution in [1.29, 1.82) is 0 Å². The molecule has 1 aromatic carbocycles. The van der Waals surface area contributed by atoms with Gasteiger partial charge in [0.15, 0.2) is 0 Å². The lowest BCUT2D eigenvalue weighted by molar-refractivity contribution is 0.210. The second-order valence-corrected chi connectivity index (χ2v) is 3.60. The zero-order valence-electron chi connectivity index (χ0n) is 9.42. The topological polar surface area (TPSA) is 100 Å². The van der Waals surface area contributed by atoms with Crippen LogP contribution in [0.1, 0.15) is 0 Å². The summed E-state index contributed by atoms with van der Waals surface area (Å²) in [4.78, 5) is 14.3. The molecule has 0 aliphatic rings. The van der Waals surface area contributed by atoms with Crippen molar-refractivity contribution < 1.29 is 9.90 Å². The highest BCUT2D eigenvalue weighted by atomic mass is 16.4. The van der Waals surface area contributed by atoms with Crippen LogP contribution in [0.25, 0.3) is 0 Å². The lowest BCUT2D eigenvalue weighted by Gasteiger charge is -2.07. The minimum Gasteiger partial charge on any atom is -0.465 e. The smallest absolute Gasteiger partial charge is 0.409 e. The van der Waals surface area contributed by atoms with Crippen LogP contribution in [0.4, 0.5) is 27.7 Å². The third-order valence-corrected chi connectivity index (χ3v) is 2.21. The van der Waals surface area contributed by atoms with E-state index in [-0.39, 0.29) is 0 Å². The molecule has 0 unspecified atom stereocenters. The number of amides is 1. The van der Waals surface area contributed by atoms with Gasteiger partial charge < -0.3 is 16.2 Å². The van der Waals surface area contributed by atoms with Crippen molar-refractivity contribution in [3.63, 3.8) is 0 Å². The van der Waals surface area contributed by atoms with Crippen LogP contribution in [0, 0.1) is 0 Å². The SMILES string of the molecule is Nc1cc(Nc2ccc(NC(=O)O)cc2)ccn1. The van der Waals surface area contributed by atoms with Gasteiger partial charge in [0.05, 0.1) is 0 Å². The molecule has 2 rings (SSSR count). The predicted octanol–water partition coefficient (Wildman–Crippen LogP) is 2.50. The predicted molar refractivity (Wildman–Crippen MR) is 70.0 cm³/mol. The molecule has 92 valence electrons. The number of carboxylic acid groups (broad SMARTS) is 1. The number of pyridine rings is 1. The number of nitrogen functional groups attached to an aromatic ring is 1. The molecule has 0 saturated heterocycles. The molecule has 0 bridgehead atoms. The molecule has 0 saturated carbocycles. The Bertz CT molecular complexity index is 554. The number of nitrogens with zero attached hydrogens (tertiary/aromatic N) is 1. The van der Waals surface area contributed by atoms with E-state index in [0.717, 1.165) is 11.4 Å². The van der Waals surface area contributed by atoms with Gasteiger partial charge in [0.2, 0.25) is 0 Å². The van der Waals surface area contributed by atoms with Crippen LogP contribution in [0.3, 0.4) is 0 Å². The van der Waals surface area contributed by atoms with Gasteiger partial charge in [0, 0.05) is 29.3 Å². The number of carbonyl (C=O) groups is 1. The zero-order valence-corrected chi connectivity index (χ0v) is 9.42. The maximum Gasteiger partial charge on any atom is 0.409 e. The van der Waals surface area contributed by atoms with Gasteiger partial charge in [0.25, 0.3) is 0 Å². The molecule has 0 aliphatic heterocycles. The summed E-state index contributed by atoms with van der Waals surface area (Å²) in [5, 5.41) is 13.9. The highest BCUT2D eigenvalue weighted by Gasteiger charge is 1.99. The number of nitrogens with one attached hydrogen (secondary N) is 2. The monoisotopic (exact) mass is 244 g/mol. The van der Waals surface area contributed by atoms with E-state index in [1.165, 1.54) is 0 Å². The van der Waals surface area contributed by atoms with Crippen LogP contribution < -0.4 is 16.4 Å². The van der Waals surface area contributed by atoms with Gasteiger partial charge in [0.1, 0.15) is 5.82 Å². The number of anilines is 4. The number of benzene rings is 1. The maximum absolute atomic E-state index is 10.4. The van der Waals surface area contributed by atoms with Crippen LogP contribution >= 0.6 is 0 Å². The summed E-state index contributed by atoms with van der Waals surface area (Å²) in [7, 11) is 0. The van der Waals surface area contributed by atoms with Gasteiger partial charge >= 0.3 is 6.09 Å². The Morgan fingerprint density at radius 1 is 1.11 bits per heavy atom. The largest absolute Gasteiger partial charge is 0.465 e. The molecule has 0 atom stereocenters. The number of hydrogen-bond donors (Lipinski definition) is 4. The third kappa shape index (κ3) is 3.11. The molecule has 5 N–H and O–H groups in total. The van der Waals surface area contributed by atoms with Gasteiger partial charge in [-0.1, -0.05) is 0 Å². The van der Waals surface area contributed by atoms with Crippen LogP contribution in [0.2, 0.25) is 0 Å². The van der Waals surface area contributed by atoms with Gasteiger partial charge in [-0.3, -0.25) is 5.32 Å². The molecular formula is C12H12N4O2. The fourth-order valence-corrected chi connectivity index (χ4v) is 1.45. The van der Waals surface area contributed by atoms with E-state index in [4.69, 9.17) is 10.8 Å². The van der Waals surface area contributed by atoms with E-state index in [1.807, 2.05) is 0 Å². The van der Waals surface area contributed by atoms with E-state index in [1.54, 1.807) is 42.6 Å². The standard InChI is InChI=1S/C12H12N4O2/c13-11-7-10(5-6-14-11)15-8-1-3-9(4-2-8)16-12(17)18/h1-7,16H,(H,17,18)(H3,13,14,15). The summed E-state index contributed by atoms with van der Waals surface area (Å²) in [6, 6.07) is 10.4. The van der Waals surface area contributed by atoms with Crippen molar-refractivity contribution in [2.45, 2.75) is 0 Å². The minimum atomic E-state index is -1.09. The van der Waals surface area contributed by atoms with E-state index < -0.39 is 6.09 Å². The lowest BCUT2D eigenvalue weighted by Crippen LogP contribution is -2.06. The van der Waals surface area contributed by atoms with Crippen LogP contribution in [0.5, 0.6) is 0 Å². The third-order valence-electron chi connectivity index (χ3n) is 2.21. The second kappa shape index (κ2) is 5.05. The Morgan fingerprint density at radius 2 is 1.78 bits per heavy atom. The van der Waals surface area contributed by atoms with Gasteiger partial charge in [-0.25, -0.2) is 9.78 Å². The van der Waals surface area contributed by atoms with Crippen molar-refractivity contribution >= 4 is 29.0 Å². The summed E-state index contributed by atoms with van der Waals surface area (Å²) in [5.41, 5.74) is 7.73. The molecule has 1 amide bonds. The summed E-state index contributed by atoms with van der Waals surface area (Å²) in [5.74, 6) is 0.434. The summed E-state index contributed by atoms with van der Waals surface area (Å²) < 4.78 is 0. The molecule has 6 heteroatoms. The fourth-order valence-electron chi connectivity index (χ4n) is 1.45. The highest BCUT2D eigenvalue weighted by Crippen LogP contribution is 2.19. The molecule has 6 nitrogen and oxygen atoms in total. The van der Waals surface area contributed by atoms with E-state index in [0.29, 0.717) is 11.5 Å². The molecule has 0 radical (unpaired) electrons. The zero-order chi connectivity index (χ0) is 13.0. The van der Waals surface area contributed by atoms with Crippen molar-refractivity contribution in [2.75, 3.05) is 16.4 Å². The number of hydrogen-bond acceptors (Lipinski definition) is 4. The summed E-state index contributed by atoms with van der Waals surface area (Å²) >= 11 is 0. The van der Waals surface area contributed by atoms with Crippen molar-refractivity contribution in [1.82, 2.24) is 4.98 Å². The van der Waals surface area contributed by atoms with Gasteiger partial charge in [-0.05, 0) is 30.3 Å². The Labute approximate surface area is 103 Å². The first-order valence-electron chi connectivity index (χ1n) is 5.22. The van der Waals surface area contributed by atoms with E-state index in [2.05, 4.69) is 15.6 Å². The first-order chi connectivity index (χ1) is 8.63. The Kier molecular flexibility index (Phi) is 3.29. The highest BCUT2D eigenvalue weighted by molar-refractivity contribution is 5.83. The maximum atomic E-state index is 10.4. The van der Waals surface area contributed by atoms with E-state index >= 15 is 0 Å². The van der Waals surface area contributed by atoms with Crippen LogP contribution in [-0.2, 0) is 0 Å². The van der Waals surface area contributed by atoms with Crippen molar-refractivity contribution in [2.24, 2.45) is 0 Å². The summed E-state index contributed by atoms with van der Waals surface area (Å²) in [6.45, 7) is 0. The quantitative estimate of drug-likeness (QED) is 0.664. The molecule has 18 heavy (non-hydrogen) atoms. The number of rotatable bonds is 3. The lowest BCUT2D eigenvalue weighted by atomic mass is 10.2. The Balaban J connectivity index is 2.08. The molecule has 2 aromatic rings. The summed E-state index contributed by atoms with van der Waals surface area (Å²) in [6.07, 6.45) is 0.524. The normalized spacial score (nSPS) is 9.78. The number of nitrogens with two attached hydrogens (primary N) is 1. The molecule has 0 spiro atoms. The molecule has 0 fully saturated rings. The molecule has 1 heterocycles. The average molecular weight is 244 g/mol. The van der Waals surface area contributed by atoms with Gasteiger partial charge in [-0.15, -0.1) is 0 Å². The Morgan fingerprint density at radius 3 is 2.39 bits per heavy atom. The first-order valence-corrected chi connectivity index (χ1v) is 5.22. The Hall–Kier alpha value is -2.76. The minimum absolute atomic E-state index is 0.434. The van der Waals surface area contributed by atoms with E-state index in [9.17, 15) is 4.79 Å². The first kappa shape index (κ1) is 11.7. The molecule has 0 aliphatic carbocycles. The second-order valence-electron chi connectivity index (χ2n) is 3.60. The fraction of sp³-hybridized carbons (Fsp3) is 0. The molecular weight excluding hydrogens is 232 g/mol. The molecule has 1 aromatic heterocycles. The average Bonchev–Trinajstić information content (AvgIpc) is 2.31. The number of aromatic nitrogens is 1.